The average molecular weight is 409 g/mol. The third-order valence-corrected chi connectivity index (χ3v) is 5.67. The van der Waals surface area contributed by atoms with Gasteiger partial charge in [-0.3, -0.25) is 4.79 Å². The summed E-state index contributed by atoms with van der Waals surface area (Å²) in [7, 11) is 0. The topological polar surface area (TPSA) is 60.5 Å². The molecule has 1 saturated heterocycles. The first-order valence-corrected chi connectivity index (χ1v) is 10.7. The van der Waals surface area contributed by atoms with Gasteiger partial charge in [0.2, 0.25) is 0 Å². The number of anilines is 1. The molecule has 0 bridgehead atoms. The number of carbonyl (C=O) groups excluding carboxylic acids is 1. The smallest absolute Gasteiger partial charge is 0.275 e. The zero-order chi connectivity index (χ0) is 20.1. The molecule has 0 radical (unpaired) electrons. The van der Waals surface area contributed by atoms with Crippen molar-refractivity contribution in [1.29, 1.82) is 0 Å². The van der Waals surface area contributed by atoms with Crippen molar-refractivity contribution in [2.24, 2.45) is 0 Å². The molecule has 1 aromatic heterocycles. The predicted molar refractivity (Wildman–Crippen MR) is 115 cm³/mol. The molecule has 0 spiro atoms. The van der Waals surface area contributed by atoms with Crippen molar-refractivity contribution >= 4 is 22.9 Å². The van der Waals surface area contributed by atoms with Crippen LogP contribution in [-0.2, 0) is 11.2 Å². The van der Waals surface area contributed by atoms with Crippen molar-refractivity contribution in [1.82, 2.24) is 4.98 Å². The summed E-state index contributed by atoms with van der Waals surface area (Å²) in [4.78, 5) is 17.2. The van der Waals surface area contributed by atoms with Gasteiger partial charge in [0.25, 0.3) is 5.91 Å². The fourth-order valence-corrected chi connectivity index (χ4v) is 4.07. The highest BCUT2D eigenvalue weighted by molar-refractivity contribution is 7.09. The number of amides is 1. The molecule has 1 N–H and O–H groups in total. The number of carbonyl (C=O) groups is 1. The number of benzene rings is 2. The summed E-state index contributed by atoms with van der Waals surface area (Å²) in [5, 5.41) is 5.66. The molecule has 5 nitrogen and oxygen atoms in total. The molecule has 29 heavy (non-hydrogen) atoms. The lowest BCUT2D eigenvalue weighted by molar-refractivity contribution is 0.0681. The zero-order valence-electron chi connectivity index (χ0n) is 16.4. The third kappa shape index (κ3) is 5.22. The minimum Gasteiger partial charge on any atom is -0.489 e. The Kier molecular flexibility index (Phi) is 6.22. The average Bonchev–Trinajstić information content (AvgIpc) is 3.41. The van der Waals surface area contributed by atoms with Gasteiger partial charge in [0.15, 0.2) is 0 Å². The van der Waals surface area contributed by atoms with Crippen LogP contribution in [0.15, 0.2) is 53.9 Å². The molecule has 1 unspecified atom stereocenters. The maximum absolute atomic E-state index is 12.7. The van der Waals surface area contributed by atoms with Crippen LogP contribution >= 0.6 is 11.3 Å². The molecule has 4 rings (SSSR count). The van der Waals surface area contributed by atoms with E-state index in [4.69, 9.17) is 9.47 Å². The summed E-state index contributed by atoms with van der Waals surface area (Å²) in [6.07, 6.45) is 2.93. The fraction of sp³-hybridized carbons (Fsp3) is 0.304. The van der Waals surface area contributed by atoms with Crippen LogP contribution in [0.4, 0.5) is 5.69 Å². The highest BCUT2D eigenvalue weighted by atomic mass is 32.1. The molecule has 0 aliphatic carbocycles. The van der Waals surface area contributed by atoms with E-state index in [1.54, 1.807) is 5.38 Å². The van der Waals surface area contributed by atoms with E-state index in [0.717, 1.165) is 36.4 Å². The monoisotopic (exact) mass is 408 g/mol. The minimum atomic E-state index is -0.230. The van der Waals surface area contributed by atoms with Gasteiger partial charge >= 0.3 is 0 Å². The second-order valence-corrected chi connectivity index (χ2v) is 8.13. The largest absolute Gasteiger partial charge is 0.489 e. The number of thiazole rings is 1. The lowest BCUT2D eigenvalue weighted by Gasteiger charge is -2.15. The van der Waals surface area contributed by atoms with Crippen LogP contribution in [0.1, 0.15) is 39.5 Å². The SMILES string of the molecule is Cc1ccc(NC(=O)c2csc(Cc3ccccc3)n2)c(OCC2CCCO2)c1. The summed E-state index contributed by atoms with van der Waals surface area (Å²) in [6, 6.07) is 15.9. The predicted octanol–water partition coefficient (Wildman–Crippen LogP) is 4.85. The molecular weight excluding hydrogens is 384 g/mol. The van der Waals surface area contributed by atoms with Crippen LogP contribution in [0, 0.1) is 6.92 Å². The molecule has 0 saturated carbocycles. The zero-order valence-corrected chi connectivity index (χ0v) is 17.2. The van der Waals surface area contributed by atoms with E-state index < -0.39 is 0 Å². The highest BCUT2D eigenvalue weighted by Crippen LogP contribution is 2.27. The number of ether oxygens (including phenoxy) is 2. The van der Waals surface area contributed by atoms with Crippen LogP contribution in [-0.4, -0.2) is 30.2 Å². The van der Waals surface area contributed by atoms with Gasteiger partial charge in [0.1, 0.15) is 18.1 Å². The van der Waals surface area contributed by atoms with Gasteiger partial charge in [-0.25, -0.2) is 4.98 Å². The number of rotatable bonds is 7. The molecule has 1 aliphatic rings. The van der Waals surface area contributed by atoms with Crippen LogP contribution in [0.3, 0.4) is 0 Å². The fourth-order valence-electron chi connectivity index (χ4n) is 3.26. The Morgan fingerprint density at radius 2 is 2.14 bits per heavy atom. The van der Waals surface area contributed by atoms with Gasteiger partial charge in [0.05, 0.1) is 16.8 Å². The van der Waals surface area contributed by atoms with Crippen molar-refractivity contribution in [3.05, 3.63) is 75.7 Å². The Bertz CT molecular complexity index is 965. The lowest BCUT2D eigenvalue weighted by Crippen LogP contribution is -2.18. The maximum Gasteiger partial charge on any atom is 0.275 e. The number of hydrogen-bond donors (Lipinski definition) is 1. The van der Waals surface area contributed by atoms with Gasteiger partial charge in [0, 0.05) is 18.4 Å². The highest BCUT2D eigenvalue weighted by Gasteiger charge is 2.18. The van der Waals surface area contributed by atoms with Crippen LogP contribution < -0.4 is 10.1 Å². The van der Waals surface area contributed by atoms with E-state index in [1.807, 2.05) is 43.3 Å². The molecule has 2 heterocycles. The van der Waals surface area contributed by atoms with Crippen molar-refractivity contribution in [3.8, 4) is 5.75 Å². The van der Waals surface area contributed by atoms with Crippen molar-refractivity contribution in [2.75, 3.05) is 18.5 Å². The summed E-state index contributed by atoms with van der Waals surface area (Å²) >= 11 is 1.50. The first-order valence-electron chi connectivity index (χ1n) is 9.82. The van der Waals surface area contributed by atoms with Crippen LogP contribution in [0.25, 0.3) is 0 Å². The number of nitrogens with one attached hydrogen (secondary N) is 1. The van der Waals surface area contributed by atoms with Crippen molar-refractivity contribution < 1.29 is 14.3 Å². The van der Waals surface area contributed by atoms with Crippen LogP contribution in [0.5, 0.6) is 5.75 Å². The Labute approximate surface area is 174 Å². The molecule has 1 fully saturated rings. The van der Waals surface area contributed by atoms with Crippen molar-refractivity contribution in [3.63, 3.8) is 0 Å². The second-order valence-electron chi connectivity index (χ2n) is 7.19. The quantitative estimate of drug-likeness (QED) is 0.607. The molecule has 1 aliphatic heterocycles. The third-order valence-electron chi connectivity index (χ3n) is 4.82. The van der Waals surface area contributed by atoms with Gasteiger partial charge in [-0.1, -0.05) is 36.4 Å². The Morgan fingerprint density at radius 3 is 2.93 bits per heavy atom. The van der Waals surface area contributed by atoms with E-state index in [1.165, 1.54) is 16.9 Å². The second kappa shape index (κ2) is 9.20. The first kappa shape index (κ1) is 19.6. The Hall–Kier alpha value is -2.70. The van der Waals surface area contributed by atoms with Crippen molar-refractivity contribution in [2.45, 2.75) is 32.3 Å². The number of aryl methyl sites for hydroxylation is 1. The van der Waals surface area contributed by atoms with E-state index in [0.29, 0.717) is 23.7 Å². The summed E-state index contributed by atoms with van der Waals surface area (Å²) in [5.41, 5.74) is 3.32. The van der Waals surface area contributed by atoms with Gasteiger partial charge in [-0.2, -0.15) is 0 Å². The normalized spacial score (nSPS) is 16.0. The van der Waals surface area contributed by atoms with Gasteiger partial charge in [-0.05, 0) is 43.0 Å². The van der Waals surface area contributed by atoms with E-state index in [2.05, 4.69) is 22.4 Å². The summed E-state index contributed by atoms with van der Waals surface area (Å²) < 4.78 is 11.6. The molecule has 150 valence electrons. The van der Waals surface area contributed by atoms with Crippen LogP contribution in [0.2, 0.25) is 0 Å². The first-order chi connectivity index (χ1) is 14.2. The lowest BCUT2D eigenvalue weighted by atomic mass is 10.2. The number of hydrogen-bond acceptors (Lipinski definition) is 5. The van der Waals surface area contributed by atoms with E-state index in [9.17, 15) is 4.79 Å². The Balaban J connectivity index is 1.42. The van der Waals surface area contributed by atoms with Gasteiger partial charge < -0.3 is 14.8 Å². The Morgan fingerprint density at radius 1 is 1.28 bits per heavy atom. The molecule has 1 atom stereocenters. The van der Waals surface area contributed by atoms with E-state index >= 15 is 0 Å². The summed E-state index contributed by atoms with van der Waals surface area (Å²) in [6.45, 7) is 3.28. The van der Waals surface area contributed by atoms with Gasteiger partial charge in [-0.15, -0.1) is 11.3 Å². The molecule has 6 heteroatoms. The molecule has 3 aromatic rings. The maximum atomic E-state index is 12.7. The minimum absolute atomic E-state index is 0.123. The summed E-state index contributed by atoms with van der Waals surface area (Å²) in [5.74, 6) is 0.431. The number of nitrogens with zero attached hydrogens (tertiary/aromatic N) is 1. The standard InChI is InChI=1S/C23H24N2O3S/c1-16-9-10-19(21(12-16)28-14-18-8-5-11-27-18)25-23(26)20-15-29-22(24-20)13-17-6-3-2-4-7-17/h2-4,6-7,9-10,12,15,18H,5,8,11,13-14H2,1H3,(H,25,26). The molecular formula is C23H24N2O3S. The number of aromatic nitrogens is 1. The van der Waals surface area contributed by atoms with E-state index in [-0.39, 0.29) is 12.0 Å². The molecule has 2 aromatic carbocycles. The molecule has 1 amide bonds.